The molecule has 0 spiro atoms. The molecule has 0 aliphatic carbocycles. The van der Waals surface area contributed by atoms with Crippen molar-refractivity contribution in [2.24, 2.45) is 5.11 Å². The summed E-state index contributed by atoms with van der Waals surface area (Å²) in [7, 11) is 0. The zero-order chi connectivity index (χ0) is 9.31. The molecule has 0 saturated carbocycles. The number of fused-ring (bicyclic) bond motifs is 2. The highest BCUT2D eigenvalue weighted by atomic mass is 16.7. The molecule has 2 aliphatic heterocycles. The van der Waals surface area contributed by atoms with Gasteiger partial charge >= 0.3 is 0 Å². The Labute approximate surface area is 74.4 Å². The maximum atomic E-state index is 10.9. The Hall–Kier alpha value is -1.10. The number of carbonyl (C=O) groups excluding carboxylic acids is 1. The summed E-state index contributed by atoms with van der Waals surface area (Å²) in [5.41, 5.74) is 7.30. The molecule has 70 valence electrons. The van der Waals surface area contributed by atoms with Crippen LogP contribution in [-0.2, 0) is 14.3 Å². The zero-order valence-electron chi connectivity index (χ0n) is 6.92. The van der Waals surface area contributed by atoms with Crippen LogP contribution in [0.1, 0.15) is 12.8 Å². The number of aldehydes is 1. The normalized spacial score (nSPS) is 42.5. The Balaban J connectivity index is 2.28. The first-order chi connectivity index (χ1) is 6.30. The predicted octanol–water partition coefficient (Wildman–Crippen LogP) is 0.770. The number of hydrogen-bond acceptors (Lipinski definition) is 4. The molecular weight excluding hydrogens is 174 g/mol. The van der Waals surface area contributed by atoms with Crippen LogP contribution in [-0.4, -0.2) is 30.8 Å². The Morgan fingerprint density at radius 1 is 1.69 bits per heavy atom. The van der Waals surface area contributed by atoms with Crippen LogP contribution in [0.15, 0.2) is 5.11 Å². The average Bonchev–Trinajstić information content (AvgIpc) is 2.56. The standard InChI is InChI=1S/C7H9N3O3/c8-10-9-7(4-11)2-1-6-12-3-5(7)13-6/h4-6H,1-3H2. The second-order valence-corrected chi connectivity index (χ2v) is 3.22. The lowest BCUT2D eigenvalue weighted by molar-refractivity contribution is -0.130. The molecule has 3 unspecified atom stereocenters. The topological polar surface area (TPSA) is 84.3 Å². The summed E-state index contributed by atoms with van der Waals surface area (Å²) in [6.45, 7) is 0.336. The van der Waals surface area contributed by atoms with Crippen LogP contribution in [0, 0.1) is 0 Å². The van der Waals surface area contributed by atoms with Gasteiger partial charge in [-0.25, -0.2) is 0 Å². The van der Waals surface area contributed by atoms with E-state index in [4.69, 9.17) is 15.0 Å². The number of nitrogens with zero attached hydrogens (tertiary/aromatic N) is 3. The molecule has 0 aromatic carbocycles. The minimum absolute atomic E-state index is 0.216. The van der Waals surface area contributed by atoms with E-state index in [0.717, 1.165) is 0 Å². The van der Waals surface area contributed by atoms with Crippen LogP contribution in [0.4, 0.5) is 0 Å². The first kappa shape index (κ1) is 8.50. The van der Waals surface area contributed by atoms with Crippen LogP contribution in [0.3, 0.4) is 0 Å². The molecule has 6 heteroatoms. The number of hydrogen-bond donors (Lipinski definition) is 0. The van der Waals surface area contributed by atoms with Crippen molar-refractivity contribution in [2.45, 2.75) is 30.8 Å². The third-order valence-electron chi connectivity index (χ3n) is 2.52. The molecular formula is C7H9N3O3. The SMILES string of the molecule is [N-]=[N+]=NC1(C=O)CCC2OCC1O2. The van der Waals surface area contributed by atoms with Gasteiger partial charge in [0, 0.05) is 4.91 Å². The lowest BCUT2D eigenvalue weighted by Gasteiger charge is -2.31. The van der Waals surface area contributed by atoms with Gasteiger partial charge in [-0.2, -0.15) is 0 Å². The third kappa shape index (κ3) is 1.19. The fourth-order valence-corrected chi connectivity index (χ4v) is 1.74. The van der Waals surface area contributed by atoms with Crippen molar-refractivity contribution < 1.29 is 14.3 Å². The molecule has 2 bridgehead atoms. The second kappa shape index (κ2) is 2.99. The minimum Gasteiger partial charge on any atom is -0.350 e. The molecule has 0 N–H and O–H groups in total. The Morgan fingerprint density at radius 3 is 3.23 bits per heavy atom. The highest BCUT2D eigenvalue weighted by Gasteiger charge is 2.48. The van der Waals surface area contributed by atoms with Gasteiger partial charge in [-0.15, -0.1) is 0 Å². The van der Waals surface area contributed by atoms with Gasteiger partial charge in [0.2, 0.25) is 0 Å². The fourth-order valence-electron chi connectivity index (χ4n) is 1.74. The highest BCUT2D eigenvalue weighted by molar-refractivity contribution is 5.66. The average molecular weight is 183 g/mol. The molecule has 0 amide bonds. The van der Waals surface area contributed by atoms with E-state index in [1.165, 1.54) is 0 Å². The van der Waals surface area contributed by atoms with Crippen molar-refractivity contribution in [1.82, 2.24) is 0 Å². The summed E-state index contributed by atoms with van der Waals surface area (Å²) < 4.78 is 10.6. The largest absolute Gasteiger partial charge is 0.350 e. The van der Waals surface area contributed by atoms with E-state index >= 15 is 0 Å². The maximum Gasteiger partial charge on any atom is 0.158 e. The molecule has 2 rings (SSSR count). The van der Waals surface area contributed by atoms with Gasteiger partial charge in [0.05, 0.1) is 6.61 Å². The summed E-state index contributed by atoms with van der Waals surface area (Å²) >= 11 is 0. The predicted molar refractivity (Wildman–Crippen MR) is 41.8 cm³/mol. The third-order valence-corrected chi connectivity index (χ3v) is 2.52. The van der Waals surface area contributed by atoms with Crippen molar-refractivity contribution in [3.63, 3.8) is 0 Å². The van der Waals surface area contributed by atoms with Crippen molar-refractivity contribution >= 4 is 6.29 Å². The van der Waals surface area contributed by atoms with E-state index in [0.29, 0.717) is 25.7 Å². The van der Waals surface area contributed by atoms with Crippen molar-refractivity contribution in [3.8, 4) is 0 Å². The van der Waals surface area contributed by atoms with Crippen LogP contribution in [0.5, 0.6) is 0 Å². The van der Waals surface area contributed by atoms with E-state index < -0.39 is 11.6 Å². The molecule has 0 aromatic heterocycles. The molecule has 0 radical (unpaired) electrons. The Kier molecular flexibility index (Phi) is 1.95. The van der Waals surface area contributed by atoms with Gasteiger partial charge in [-0.1, -0.05) is 5.11 Å². The fraction of sp³-hybridized carbons (Fsp3) is 0.857. The molecule has 0 aromatic rings. The molecule has 6 nitrogen and oxygen atoms in total. The lowest BCUT2D eigenvalue weighted by Crippen LogP contribution is -2.46. The summed E-state index contributed by atoms with van der Waals surface area (Å²) in [6.07, 6.45) is 1.17. The van der Waals surface area contributed by atoms with Gasteiger partial charge in [-0.3, -0.25) is 0 Å². The summed E-state index contributed by atoms with van der Waals surface area (Å²) in [5, 5.41) is 3.52. The van der Waals surface area contributed by atoms with Crippen LogP contribution >= 0.6 is 0 Å². The number of ether oxygens (including phenoxy) is 2. The van der Waals surface area contributed by atoms with Gasteiger partial charge in [0.15, 0.2) is 6.29 Å². The molecule has 2 heterocycles. The minimum atomic E-state index is -1.04. The summed E-state index contributed by atoms with van der Waals surface area (Å²) in [6, 6.07) is 0. The lowest BCUT2D eigenvalue weighted by atomic mass is 9.88. The van der Waals surface area contributed by atoms with Crippen LogP contribution in [0.25, 0.3) is 10.4 Å². The first-order valence-electron chi connectivity index (χ1n) is 4.10. The molecule has 3 atom stereocenters. The Bertz CT molecular complexity index is 276. The maximum absolute atomic E-state index is 10.9. The molecule has 2 saturated heterocycles. The molecule has 2 fully saturated rings. The quantitative estimate of drug-likeness (QED) is 0.274. The monoisotopic (exact) mass is 183 g/mol. The van der Waals surface area contributed by atoms with Crippen molar-refractivity contribution in [2.75, 3.05) is 6.61 Å². The van der Waals surface area contributed by atoms with E-state index in [1.807, 2.05) is 0 Å². The number of carbonyl (C=O) groups is 1. The van der Waals surface area contributed by atoms with E-state index in [9.17, 15) is 4.79 Å². The summed E-state index contributed by atoms with van der Waals surface area (Å²) in [5.74, 6) is 0. The van der Waals surface area contributed by atoms with Gasteiger partial charge in [0.1, 0.15) is 17.9 Å². The summed E-state index contributed by atoms with van der Waals surface area (Å²) in [4.78, 5) is 13.5. The van der Waals surface area contributed by atoms with Gasteiger partial charge in [0.25, 0.3) is 0 Å². The van der Waals surface area contributed by atoms with E-state index in [2.05, 4.69) is 10.0 Å². The van der Waals surface area contributed by atoms with Crippen LogP contribution in [0.2, 0.25) is 0 Å². The van der Waals surface area contributed by atoms with E-state index in [-0.39, 0.29) is 6.29 Å². The van der Waals surface area contributed by atoms with Crippen molar-refractivity contribution in [1.29, 1.82) is 0 Å². The van der Waals surface area contributed by atoms with E-state index in [1.54, 1.807) is 0 Å². The Morgan fingerprint density at radius 2 is 2.54 bits per heavy atom. The first-order valence-corrected chi connectivity index (χ1v) is 4.10. The number of azide groups is 1. The molecule has 2 aliphatic rings. The van der Waals surface area contributed by atoms with Gasteiger partial charge < -0.3 is 14.3 Å². The van der Waals surface area contributed by atoms with Crippen molar-refractivity contribution in [3.05, 3.63) is 10.4 Å². The molecule has 13 heavy (non-hydrogen) atoms. The smallest absolute Gasteiger partial charge is 0.158 e. The number of rotatable bonds is 2. The van der Waals surface area contributed by atoms with Gasteiger partial charge in [-0.05, 0) is 18.4 Å². The zero-order valence-corrected chi connectivity index (χ0v) is 6.92. The second-order valence-electron chi connectivity index (χ2n) is 3.22. The van der Waals surface area contributed by atoms with Crippen LogP contribution < -0.4 is 0 Å². The highest BCUT2D eigenvalue weighted by Crippen LogP contribution is 2.36.